The number of rotatable bonds is 7. The highest BCUT2D eigenvalue weighted by Gasteiger charge is 2.32. The summed E-state index contributed by atoms with van der Waals surface area (Å²) in [5.74, 6) is 0.577. The SMILES string of the molecule is C[C@](N)(COP(=O)(O)O)C(=O)Nc1ccc(Oc2ccc3c(c2)[nH]c2ccccc23)cc1. The number of carbonyl (C=O) groups excluding carboxylic acids is 1. The highest BCUT2D eigenvalue weighted by atomic mass is 31.2. The minimum Gasteiger partial charge on any atom is -0.457 e. The Labute approximate surface area is 183 Å². The first kappa shape index (κ1) is 22.0. The van der Waals surface area contributed by atoms with Crippen LogP contribution in [-0.2, 0) is 13.9 Å². The predicted molar refractivity (Wildman–Crippen MR) is 122 cm³/mol. The first-order valence-corrected chi connectivity index (χ1v) is 11.2. The van der Waals surface area contributed by atoms with Crippen LogP contribution in [-0.4, -0.2) is 32.8 Å². The van der Waals surface area contributed by atoms with Crippen molar-refractivity contribution in [3.8, 4) is 11.5 Å². The van der Waals surface area contributed by atoms with Gasteiger partial charge in [0.25, 0.3) is 0 Å². The van der Waals surface area contributed by atoms with Gasteiger partial charge in [-0.2, -0.15) is 0 Å². The molecule has 3 aromatic carbocycles. The van der Waals surface area contributed by atoms with E-state index >= 15 is 0 Å². The summed E-state index contributed by atoms with van der Waals surface area (Å²) in [5.41, 5.74) is 6.64. The molecular weight excluding hydrogens is 433 g/mol. The largest absolute Gasteiger partial charge is 0.469 e. The lowest BCUT2D eigenvalue weighted by atomic mass is 10.0. The van der Waals surface area contributed by atoms with E-state index < -0.39 is 25.9 Å². The van der Waals surface area contributed by atoms with Crippen LogP contribution < -0.4 is 15.8 Å². The smallest absolute Gasteiger partial charge is 0.457 e. The number of phosphoric acid groups is 1. The molecule has 6 N–H and O–H groups in total. The third-order valence-corrected chi connectivity index (χ3v) is 5.34. The molecule has 9 nitrogen and oxygen atoms in total. The van der Waals surface area contributed by atoms with Gasteiger partial charge in [0.1, 0.15) is 17.0 Å². The van der Waals surface area contributed by atoms with Crippen LogP contribution in [0.25, 0.3) is 21.8 Å². The molecule has 0 aliphatic carbocycles. The Bertz CT molecular complexity index is 1330. The summed E-state index contributed by atoms with van der Waals surface area (Å²) >= 11 is 0. The molecule has 0 saturated carbocycles. The molecule has 0 bridgehead atoms. The Morgan fingerprint density at radius 2 is 1.69 bits per heavy atom. The summed E-state index contributed by atoms with van der Waals surface area (Å²) in [7, 11) is -4.73. The number of nitrogens with one attached hydrogen (secondary N) is 2. The molecule has 10 heteroatoms. The highest BCUT2D eigenvalue weighted by molar-refractivity contribution is 7.46. The van der Waals surface area contributed by atoms with E-state index in [0.717, 1.165) is 21.8 Å². The second-order valence-electron chi connectivity index (χ2n) is 7.64. The van der Waals surface area contributed by atoms with E-state index in [1.54, 1.807) is 24.3 Å². The summed E-state index contributed by atoms with van der Waals surface area (Å²) < 4.78 is 21.1. The second kappa shape index (κ2) is 8.38. The van der Waals surface area contributed by atoms with E-state index in [0.29, 0.717) is 17.2 Å². The third kappa shape index (κ3) is 4.99. The van der Waals surface area contributed by atoms with Gasteiger partial charge in [0, 0.05) is 28.0 Å². The van der Waals surface area contributed by atoms with Gasteiger partial charge in [-0.15, -0.1) is 0 Å². The highest BCUT2D eigenvalue weighted by Crippen LogP contribution is 2.36. The zero-order valence-electron chi connectivity index (χ0n) is 17.1. The Hall–Kier alpha value is -3.20. The lowest BCUT2D eigenvalue weighted by Crippen LogP contribution is -2.52. The number of amides is 1. The number of nitrogens with two attached hydrogens (primary N) is 1. The first-order chi connectivity index (χ1) is 15.1. The van der Waals surface area contributed by atoms with Crippen molar-refractivity contribution in [3.63, 3.8) is 0 Å². The number of fused-ring (bicyclic) bond motifs is 3. The Morgan fingerprint density at radius 1 is 1.03 bits per heavy atom. The predicted octanol–water partition coefficient (Wildman–Crippen LogP) is 3.88. The molecule has 0 aliphatic heterocycles. The molecule has 0 spiro atoms. The van der Waals surface area contributed by atoms with Crippen LogP contribution >= 0.6 is 7.82 Å². The number of hydrogen-bond acceptors (Lipinski definition) is 5. The maximum absolute atomic E-state index is 12.3. The topological polar surface area (TPSA) is 147 Å². The minimum atomic E-state index is -4.73. The molecule has 0 saturated heterocycles. The number of phosphoric ester groups is 1. The standard InChI is InChI=1S/C22H22N3O6P/c1-22(23,13-30-32(27,28)29)21(26)24-14-6-8-15(9-7-14)31-16-10-11-18-17-4-2-3-5-19(17)25-20(18)12-16/h2-12,25H,13,23H2,1H3,(H,24,26)(H2,27,28,29)/t22-/m0/s1. The molecule has 0 fully saturated rings. The lowest BCUT2D eigenvalue weighted by molar-refractivity contribution is -0.121. The summed E-state index contributed by atoms with van der Waals surface area (Å²) in [4.78, 5) is 33.3. The maximum Gasteiger partial charge on any atom is 0.469 e. The number of aromatic nitrogens is 1. The van der Waals surface area contributed by atoms with Gasteiger partial charge in [-0.1, -0.05) is 18.2 Å². The van der Waals surface area contributed by atoms with Gasteiger partial charge in [0.15, 0.2) is 0 Å². The van der Waals surface area contributed by atoms with Gasteiger partial charge in [0.2, 0.25) is 5.91 Å². The number of carbonyl (C=O) groups is 1. The molecule has 0 unspecified atom stereocenters. The molecule has 4 aromatic rings. The fourth-order valence-electron chi connectivity index (χ4n) is 3.20. The zero-order chi connectivity index (χ0) is 22.9. The molecule has 1 atom stereocenters. The summed E-state index contributed by atoms with van der Waals surface area (Å²) in [6.07, 6.45) is 0. The second-order valence-corrected chi connectivity index (χ2v) is 8.88. The molecule has 4 rings (SSSR count). The fraction of sp³-hybridized carbons (Fsp3) is 0.136. The monoisotopic (exact) mass is 455 g/mol. The van der Waals surface area contributed by atoms with Crippen LogP contribution in [0.1, 0.15) is 6.92 Å². The van der Waals surface area contributed by atoms with Crippen molar-refractivity contribution < 1.29 is 28.4 Å². The average Bonchev–Trinajstić information content (AvgIpc) is 3.11. The van der Waals surface area contributed by atoms with Crippen LogP contribution in [0.2, 0.25) is 0 Å². The van der Waals surface area contributed by atoms with Crippen molar-refractivity contribution in [1.29, 1.82) is 0 Å². The van der Waals surface area contributed by atoms with Crippen LogP contribution in [0.3, 0.4) is 0 Å². The molecule has 0 aliphatic rings. The number of aromatic amines is 1. The number of para-hydroxylation sites is 1. The molecular formula is C22H22N3O6P. The average molecular weight is 455 g/mol. The molecule has 1 amide bonds. The first-order valence-electron chi connectivity index (χ1n) is 9.70. The van der Waals surface area contributed by atoms with Crippen molar-refractivity contribution in [1.82, 2.24) is 4.98 Å². The van der Waals surface area contributed by atoms with Crippen molar-refractivity contribution in [2.45, 2.75) is 12.5 Å². The van der Waals surface area contributed by atoms with Gasteiger partial charge >= 0.3 is 7.82 Å². The summed E-state index contributed by atoms with van der Waals surface area (Å²) in [5, 5.41) is 4.85. The number of hydrogen-bond donors (Lipinski definition) is 5. The Kier molecular flexibility index (Phi) is 5.77. The van der Waals surface area contributed by atoms with E-state index in [-0.39, 0.29) is 0 Å². The van der Waals surface area contributed by atoms with Crippen molar-refractivity contribution in [2.24, 2.45) is 5.73 Å². The molecule has 1 aromatic heterocycles. The third-order valence-electron chi connectivity index (χ3n) is 4.88. The van der Waals surface area contributed by atoms with E-state index in [1.165, 1.54) is 6.92 Å². The normalized spacial score (nSPS) is 13.8. The molecule has 166 valence electrons. The van der Waals surface area contributed by atoms with Crippen molar-refractivity contribution >= 4 is 41.2 Å². The summed E-state index contributed by atoms with van der Waals surface area (Å²) in [6.45, 7) is 0.677. The van der Waals surface area contributed by atoms with Crippen LogP contribution in [0.4, 0.5) is 5.69 Å². The van der Waals surface area contributed by atoms with E-state index in [2.05, 4.69) is 20.9 Å². The van der Waals surface area contributed by atoms with Crippen molar-refractivity contribution in [2.75, 3.05) is 11.9 Å². The Balaban J connectivity index is 1.43. The van der Waals surface area contributed by atoms with Gasteiger partial charge in [-0.05, 0) is 49.4 Å². The van der Waals surface area contributed by atoms with Gasteiger partial charge in [-0.3, -0.25) is 9.32 Å². The number of anilines is 1. The molecule has 0 radical (unpaired) electrons. The minimum absolute atomic E-state index is 0.446. The lowest BCUT2D eigenvalue weighted by Gasteiger charge is -2.23. The number of ether oxygens (including phenoxy) is 1. The van der Waals surface area contributed by atoms with Gasteiger partial charge in [0.05, 0.1) is 12.1 Å². The van der Waals surface area contributed by atoms with E-state index in [9.17, 15) is 9.36 Å². The van der Waals surface area contributed by atoms with Crippen LogP contribution in [0.15, 0.2) is 66.7 Å². The van der Waals surface area contributed by atoms with Crippen LogP contribution in [0, 0.1) is 0 Å². The Morgan fingerprint density at radius 3 is 2.41 bits per heavy atom. The van der Waals surface area contributed by atoms with Crippen LogP contribution in [0.5, 0.6) is 11.5 Å². The van der Waals surface area contributed by atoms with E-state index in [1.807, 2.05) is 36.4 Å². The molecule has 1 heterocycles. The maximum atomic E-state index is 12.3. The van der Waals surface area contributed by atoms with Crippen molar-refractivity contribution in [3.05, 3.63) is 66.7 Å². The fourth-order valence-corrected chi connectivity index (χ4v) is 3.63. The van der Waals surface area contributed by atoms with Gasteiger partial charge < -0.3 is 30.6 Å². The molecule has 32 heavy (non-hydrogen) atoms. The quantitative estimate of drug-likeness (QED) is 0.266. The number of H-pyrrole nitrogens is 1. The summed E-state index contributed by atoms with van der Waals surface area (Å²) in [6, 6.07) is 20.5. The number of benzene rings is 3. The van der Waals surface area contributed by atoms with Gasteiger partial charge in [-0.25, -0.2) is 4.57 Å². The van der Waals surface area contributed by atoms with E-state index in [4.69, 9.17) is 20.3 Å². The zero-order valence-corrected chi connectivity index (χ0v) is 18.0.